The van der Waals surface area contributed by atoms with Gasteiger partial charge in [0.2, 0.25) is 5.91 Å². The number of hydrogen-bond donors (Lipinski definition) is 2. The number of aryl methyl sites for hydroxylation is 1. The molecule has 1 aliphatic rings. The molecule has 1 aliphatic heterocycles. The quantitative estimate of drug-likeness (QED) is 0.614. The summed E-state index contributed by atoms with van der Waals surface area (Å²) in [6.07, 6.45) is 6.50. The number of rotatable bonds is 7. The molecule has 6 heteroatoms. The van der Waals surface area contributed by atoms with Gasteiger partial charge in [0.05, 0.1) is 0 Å². The van der Waals surface area contributed by atoms with E-state index in [-0.39, 0.29) is 30.7 Å². The predicted octanol–water partition coefficient (Wildman–Crippen LogP) is 4.74. The van der Waals surface area contributed by atoms with Crippen LogP contribution in [0.1, 0.15) is 48.8 Å². The summed E-state index contributed by atoms with van der Waals surface area (Å²) in [7, 11) is 0. The third-order valence-corrected chi connectivity index (χ3v) is 5.29. The van der Waals surface area contributed by atoms with Gasteiger partial charge in [0, 0.05) is 25.2 Å². The number of carbonyl (C=O) groups is 1. The first-order valence-electron chi connectivity index (χ1n) is 10.1. The number of halogens is 2. The molecule has 160 valence electrons. The van der Waals surface area contributed by atoms with E-state index in [0.717, 1.165) is 23.4 Å². The molecule has 0 unspecified atom stereocenters. The Morgan fingerprint density at radius 1 is 0.897 bits per heavy atom. The fourth-order valence-electron chi connectivity index (χ4n) is 3.61. The normalized spacial score (nSPS) is 14.2. The number of amides is 1. The van der Waals surface area contributed by atoms with Crippen molar-refractivity contribution < 1.29 is 4.79 Å². The predicted molar refractivity (Wildman–Crippen MR) is 126 cm³/mol. The number of nitrogen functional groups attached to an aromatic ring is 1. The number of nitrogens with two attached hydrogens (primary N) is 1. The van der Waals surface area contributed by atoms with Gasteiger partial charge in [-0.25, -0.2) is 0 Å². The van der Waals surface area contributed by atoms with Gasteiger partial charge in [-0.05, 0) is 55.1 Å². The van der Waals surface area contributed by atoms with Crippen LogP contribution in [0.2, 0.25) is 0 Å². The van der Waals surface area contributed by atoms with Gasteiger partial charge in [-0.3, -0.25) is 9.69 Å². The lowest BCUT2D eigenvalue weighted by Crippen LogP contribution is -2.24. The van der Waals surface area contributed by atoms with E-state index < -0.39 is 0 Å². The van der Waals surface area contributed by atoms with Crippen molar-refractivity contribution >= 4 is 36.4 Å². The molecule has 2 aromatic carbocycles. The van der Waals surface area contributed by atoms with Crippen LogP contribution in [0.25, 0.3) is 0 Å². The highest BCUT2D eigenvalue weighted by molar-refractivity contribution is 5.85. The maximum absolute atomic E-state index is 12.1. The van der Waals surface area contributed by atoms with Crippen LogP contribution in [-0.4, -0.2) is 23.9 Å². The first kappa shape index (κ1) is 25.3. The van der Waals surface area contributed by atoms with Gasteiger partial charge < -0.3 is 11.1 Å². The van der Waals surface area contributed by atoms with Crippen molar-refractivity contribution in [2.24, 2.45) is 0 Å². The lowest BCUT2D eigenvalue weighted by Gasteiger charge is -2.19. The SMILES string of the molecule is Cl.Cl.Nc1ccccc1CCC(=O)NCc1ccc(CN2CCCCCC2)cc1. The number of anilines is 1. The number of hydrogen-bond acceptors (Lipinski definition) is 3. The van der Waals surface area contributed by atoms with E-state index in [1.165, 1.54) is 44.3 Å². The second-order valence-electron chi connectivity index (χ2n) is 7.48. The van der Waals surface area contributed by atoms with Crippen molar-refractivity contribution in [3.8, 4) is 0 Å². The fourth-order valence-corrected chi connectivity index (χ4v) is 3.61. The Morgan fingerprint density at radius 3 is 2.17 bits per heavy atom. The third-order valence-electron chi connectivity index (χ3n) is 5.29. The zero-order valence-electron chi connectivity index (χ0n) is 16.9. The summed E-state index contributed by atoms with van der Waals surface area (Å²) in [5.41, 5.74) is 10.2. The first-order chi connectivity index (χ1) is 13.2. The van der Waals surface area contributed by atoms with Gasteiger partial charge in [-0.15, -0.1) is 24.8 Å². The van der Waals surface area contributed by atoms with Crippen LogP contribution < -0.4 is 11.1 Å². The van der Waals surface area contributed by atoms with Crippen LogP contribution in [0.4, 0.5) is 5.69 Å². The molecular weight excluding hydrogens is 405 g/mol. The van der Waals surface area contributed by atoms with Crippen LogP contribution in [0.5, 0.6) is 0 Å². The third kappa shape index (κ3) is 8.65. The average molecular weight is 438 g/mol. The lowest BCUT2D eigenvalue weighted by atomic mass is 10.1. The highest BCUT2D eigenvalue weighted by Gasteiger charge is 2.09. The Balaban J connectivity index is 0.00000210. The van der Waals surface area contributed by atoms with Gasteiger partial charge in [-0.1, -0.05) is 55.3 Å². The number of likely N-dealkylation sites (tertiary alicyclic amines) is 1. The minimum absolute atomic E-state index is 0. The summed E-state index contributed by atoms with van der Waals surface area (Å²) in [6, 6.07) is 16.4. The lowest BCUT2D eigenvalue weighted by molar-refractivity contribution is -0.121. The summed E-state index contributed by atoms with van der Waals surface area (Å²) >= 11 is 0. The number of benzene rings is 2. The average Bonchev–Trinajstić information content (AvgIpc) is 2.95. The van der Waals surface area contributed by atoms with Crippen molar-refractivity contribution in [3.63, 3.8) is 0 Å². The maximum atomic E-state index is 12.1. The Morgan fingerprint density at radius 2 is 1.52 bits per heavy atom. The Hall–Kier alpha value is -1.75. The minimum atomic E-state index is 0. The van der Waals surface area contributed by atoms with Crippen molar-refractivity contribution in [2.45, 2.75) is 51.6 Å². The van der Waals surface area contributed by atoms with Gasteiger partial charge in [0.15, 0.2) is 0 Å². The summed E-state index contributed by atoms with van der Waals surface area (Å²) in [6.45, 7) is 4.03. The van der Waals surface area contributed by atoms with Crippen molar-refractivity contribution in [1.82, 2.24) is 10.2 Å². The van der Waals surface area contributed by atoms with E-state index in [1.807, 2.05) is 24.3 Å². The number of nitrogens with one attached hydrogen (secondary N) is 1. The molecule has 4 nitrogen and oxygen atoms in total. The van der Waals surface area contributed by atoms with Gasteiger partial charge in [0.25, 0.3) is 0 Å². The molecule has 0 atom stereocenters. The molecule has 0 bridgehead atoms. The zero-order valence-corrected chi connectivity index (χ0v) is 18.6. The van der Waals surface area contributed by atoms with Gasteiger partial charge in [0.1, 0.15) is 0 Å². The van der Waals surface area contributed by atoms with Gasteiger partial charge in [-0.2, -0.15) is 0 Å². The molecule has 3 N–H and O–H groups in total. The molecule has 3 rings (SSSR count). The summed E-state index contributed by atoms with van der Waals surface area (Å²) in [5, 5.41) is 3.01. The van der Waals surface area contributed by atoms with E-state index in [9.17, 15) is 4.79 Å². The minimum Gasteiger partial charge on any atom is -0.399 e. The Kier molecular flexibility index (Phi) is 11.7. The molecule has 2 aromatic rings. The first-order valence-corrected chi connectivity index (χ1v) is 10.1. The molecule has 1 heterocycles. The van der Waals surface area contributed by atoms with Crippen LogP contribution in [0.15, 0.2) is 48.5 Å². The second kappa shape index (κ2) is 13.5. The topological polar surface area (TPSA) is 58.4 Å². The summed E-state index contributed by atoms with van der Waals surface area (Å²) in [4.78, 5) is 14.7. The monoisotopic (exact) mass is 437 g/mol. The molecule has 1 amide bonds. The molecule has 0 spiro atoms. The van der Waals surface area contributed by atoms with E-state index in [2.05, 4.69) is 34.5 Å². The zero-order chi connectivity index (χ0) is 18.9. The number of carbonyl (C=O) groups excluding carboxylic acids is 1. The molecule has 0 aromatic heterocycles. The maximum Gasteiger partial charge on any atom is 0.220 e. The highest BCUT2D eigenvalue weighted by atomic mass is 35.5. The number of para-hydroxylation sites is 1. The number of nitrogens with zero attached hydrogens (tertiary/aromatic N) is 1. The standard InChI is InChI=1S/C23H31N3O.2ClH/c24-22-8-4-3-7-21(22)13-14-23(27)25-17-19-9-11-20(12-10-19)18-26-15-5-1-2-6-16-26;;/h3-4,7-12H,1-2,5-6,13-18,24H2,(H,25,27);2*1H. The molecule has 1 saturated heterocycles. The molecule has 29 heavy (non-hydrogen) atoms. The molecule has 1 fully saturated rings. The molecule has 0 aliphatic carbocycles. The Labute approximate surface area is 187 Å². The van der Waals surface area contributed by atoms with Crippen LogP contribution in [0.3, 0.4) is 0 Å². The molecule has 0 radical (unpaired) electrons. The van der Waals surface area contributed by atoms with Crippen LogP contribution in [0, 0.1) is 0 Å². The van der Waals surface area contributed by atoms with Crippen molar-refractivity contribution in [3.05, 3.63) is 65.2 Å². The summed E-state index contributed by atoms with van der Waals surface area (Å²) in [5.74, 6) is 0.0619. The van der Waals surface area contributed by atoms with E-state index >= 15 is 0 Å². The fraction of sp³-hybridized carbons (Fsp3) is 0.435. The molecular formula is C23H33Cl2N3O. The van der Waals surface area contributed by atoms with Crippen LogP contribution in [-0.2, 0) is 24.3 Å². The van der Waals surface area contributed by atoms with Crippen molar-refractivity contribution in [2.75, 3.05) is 18.8 Å². The largest absolute Gasteiger partial charge is 0.399 e. The molecule has 0 saturated carbocycles. The van der Waals surface area contributed by atoms with Crippen molar-refractivity contribution in [1.29, 1.82) is 0 Å². The Bertz CT molecular complexity index is 729. The van der Waals surface area contributed by atoms with Crippen LogP contribution >= 0.6 is 24.8 Å². The van der Waals surface area contributed by atoms with E-state index in [4.69, 9.17) is 5.73 Å². The summed E-state index contributed by atoms with van der Waals surface area (Å²) < 4.78 is 0. The smallest absolute Gasteiger partial charge is 0.220 e. The van der Waals surface area contributed by atoms with E-state index in [0.29, 0.717) is 19.4 Å². The highest BCUT2D eigenvalue weighted by Crippen LogP contribution is 2.14. The van der Waals surface area contributed by atoms with E-state index in [1.54, 1.807) is 0 Å². The van der Waals surface area contributed by atoms with Gasteiger partial charge >= 0.3 is 0 Å². The second-order valence-corrected chi connectivity index (χ2v) is 7.48.